The maximum absolute atomic E-state index is 10.8. The summed E-state index contributed by atoms with van der Waals surface area (Å²) in [6.07, 6.45) is 1.41. The lowest BCUT2D eigenvalue weighted by Gasteiger charge is -2.38. The van der Waals surface area contributed by atoms with E-state index in [1.807, 2.05) is 31.2 Å². The van der Waals surface area contributed by atoms with Crippen LogP contribution in [0.2, 0.25) is 0 Å². The molecule has 2 aromatic rings. The molecule has 0 radical (unpaired) electrons. The van der Waals surface area contributed by atoms with E-state index in [2.05, 4.69) is 17.9 Å². The Balaban J connectivity index is 1.50. The van der Waals surface area contributed by atoms with Crippen LogP contribution in [0.1, 0.15) is 29.5 Å². The summed E-state index contributed by atoms with van der Waals surface area (Å²) in [5, 5.41) is 20.2. The predicted molar refractivity (Wildman–Crippen MR) is 99.0 cm³/mol. The second-order valence-corrected chi connectivity index (χ2v) is 7.22. The molecule has 1 heterocycles. The molecule has 0 unspecified atom stereocenters. The van der Waals surface area contributed by atoms with Crippen LogP contribution in [0.5, 0.6) is 11.5 Å². The van der Waals surface area contributed by atoms with Crippen LogP contribution < -0.4 is 4.74 Å². The highest BCUT2D eigenvalue weighted by atomic mass is 16.5. The molecule has 2 aromatic carbocycles. The average Bonchev–Trinajstić information content (AvgIpc) is 2.58. The molecule has 0 bridgehead atoms. The zero-order valence-corrected chi connectivity index (χ0v) is 15.0. The third-order valence-electron chi connectivity index (χ3n) is 4.96. The molecule has 1 saturated heterocycles. The molecule has 4 nitrogen and oxygen atoms in total. The van der Waals surface area contributed by atoms with Gasteiger partial charge in [0.05, 0.1) is 0 Å². The average molecular weight is 341 g/mol. The van der Waals surface area contributed by atoms with E-state index in [0.29, 0.717) is 25.2 Å². The molecule has 25 heavy (non-hydrogen) atoms. The molecule has 2 N–H and O–H groups in total. The van der Waals surface area contributed by atoms with Crippen molar-refractivity contribution in [1.29, 1.82) is 0 Å². The lowest BCUT2D eigenvalue weighted by molar-refractivity contribution is -0.0538. The van der Waals surface area contributed by atoms with Gasteiger partial charge >= 0.3 is 0 Å². The molecule has 3 rings (SSSR count). The van der Waals surface area contributed by atoms with Crippen molar-refractivity contribution in [3.05, 3.63) is 59.2 Å². The Morgan fingerprint density at radius 3 is 2.36 bits per heavy atom. The Hall–Kier alpha value is -2.04. The van der Waals surface area contributed by atoms with Gasteiger partial charge in [0.25, 0.3) is 0 Å². The van der Waals surface area contributed by atoms with Gasteiger partial charge in [0.15, 0.2) is 0 Å². The second-order valence-electron chi connectivity index (χ2n) is 7.22. The Bertz CT molecular complexity index is 704. The van der Waals surface area contributed by atoms with Gasteiger partial charge in [0, 0.05) is 19.6 Å². The normalized spacial score (nSPS) is 17.4. The monoisotopic (exact) mass is 341 g/mol. The molecule has 1 aliphatic rings. The summed E-state index contributed by atoms with van der Waals surface area (Å²) in [6.45, 7) is 6.96. The summed E-state index contributed by atoms with van der Waals surface area (Å²) in [6, 6.07) is 13.4. The number of aliphatic hydroxyl groups is 1. The number of aryl methyl sites for hydroxylation is 2. The number of phenols is 1. The minimum atomic E-state index is -0.761. The van der Waals surface area contributed by atoms with Crippen molar-refractivity contribution in [2.24, 2.45) is 0 Å². The molecule has 4 heteroatoms. The number of ether oxygens (including phenoxy) is 1. The SMILES string of the molecule is Cc1ccc(OCC2(O)CCN(Cc3ccc(O)cc3)CC2)c(C)c1. The van der Waals surface area contributed by atoms with Gasteiger partial charge < -0.3 is 14.9 Å². The molecular formula is C21H27NO3. The van der Waals surface area contributed by atoms with E-state index < -0.39 is 5.60 Å². The third-order valence-corrected chi connectivity index (χ3v) is 4.96. The summed E-state index contributed by atoms with van der Waals surface area (Å²) in [5.74, 6) is 1.14. The van der Waals surface area contributed by atoms with E-state index in [9.17, 15) is 10.2 Å². The Labute approximate surface area is 149 Å². The minimum absolute atomic E-state index is 0.292. The summed E-state index contributed by atoms with van der Waals surface area (Å²) < 4.78 is 5.90. The Kier molecular flexibility index (Phi) is 5.30. The number of rotatable bonds is 5. The molecule has 1 fully saturated rings. The molecule has 134 valence electrons. The maximum Gasteiger partial charge on any atom is 0.122 e. The van der Waals surface area contributed by atoms with Crippen molar-refractivity contribution in [2.45, 2.75) is 38.8 Å². The van der Waals surface area contributed by atoms with Gasteiger partial charge in [-0.2, -0.15) is 0 Å². The molecule has 0 aromatic heterocycles. The quantitative estimate of drug-likeness (QED) is 0.875. The van der Waals surface area contributed by atoms with Crippen molar-refractivity contribution in [3.63, 3.8) is 0 Å². The van der Waals surface area contributed by atoms with E-state index in [0.717, 1.165) is 30.9 Å². The lowest BCUT2D eigenvalue weighted by Crippen LogP contribution is -2.47. The number of nitrogens with zero attached hydrogens (tertiary/aromatic N) is 1. The highest BCUT2D eigenvalue weighted by molar-refractivity contribution is 5.35. The van der Waals surface area contributed by atoms with E-state index in [1.54, 1.807) is 12.1 Å². The van der Waals surface area contributed by atoms with Crippen LogP contribution in [0.4, 0.5) is 0 Å². The second kappa shape index (κ2) is 7.46. The van der Waals surface area contributed by atoms with Gasteiger partial charge in [-0.15, -0.1) is 0 Å². The van der Waals surface area contributed by atoms with Crippen molar-refractivity contribution in [3.8, 4) is 11.5 Å². The van der Waals surface area contributed by atoms with Crippen LogP contribution in [-0.2, 0) is 6.54 Å². The van der Waals surface area contributed by atoms with Crippen molar-refractivity contribution < 1.29 is 14.9 Å². The summed E-state index contributed by atoms with van der Waals surface area (Å²) in [7, 11) is 0. The number of aromatic hydroxyl groups is 1. The summed E-state index contributed by atoms with van der Waals surface area (Å²) in [5.41, 5.74) is 2.73. The van der Waals surface area contributed by atoms with Gasteiger partial charge in [-0.25, -0.2) is 0 Å². The zero-order valence-electron chi connectivity index (χ0n) is 15.0. The highest BCUT2D eigenvalue weighted by Gasteiger charge is 2.33. The zero-order chi connectivity index (χ0) is 17.9. The number of likely N-dealkylation sites (tertiary alicyclic amines) is 1. The van der Waals surface area contributed by atoms with Crippen molar-refractivity contribution in [1.82, 2.24) is 4.90 Å². The van der Waals surface area contributed by atoms with Crippen LogP contribution in [0.25, 0.3) is 0 Å². The van der Waals surface area contributed by atoms with Gasteiger partial charge in [-0.3, -0.25) is 4.90 Å². The number of piperidine rings is 1. The molecular weight excluding hydrogens is 314 g/mol. The standard InChI is InChI=1S/C21H27NO3/c1-16-3-8-20(17(2)13-16)25-15-21(24)9-11-22(12-10-21)14-18-4-6-19(23)7-5-18/h3-8,13,23-24H,9-12,14-15H2,1-2H3. The number of phenolic OH excluding ortho intramolecular Hbond substituents is 1. The fourth-order valence-electron chi connectivity index (χ4n) is 3.30. The van der Waals surface area contributed by atoms with E-state index in [4.69, 9.17) is 4.74 Å². The van der Waals surface area contributed by atoms with Crippen LogP contribution in [0.15, 0.2) is 42.5 Å². The van der Waals surface area contributed by atoms with Gasteiger partial charge in [0.2, 0.25) is 0 Å². The lowest BCUT2D eigenvalue weighted by atomic mass is 9.92. The Morgan fingerprint density at radius 1 is 1.04 bits per heavy atom. The number of benzene rings is 2. The van der Waals surface area contributed by atoms with E-state index >= 15 is 0 Å². The first-order valence-corrected chi connectivity index (χ1v) is 8.86. The predicted octanol–water partition coefficient (Wildman–Crippen LogP) is 3.41. The minimum Gasteiger partial charge on any atom is -0.508 e. The molecule has 0 aliphatic carbocycles. The fourth-order valence-corrected chi connectivity index (χ4v) is 3.30. The van der Waals surface area contributed by atoms with Gasteiger partial charge in [-0.05, 0) is 56.0 Å². The molecule has 0 atom stereocenters. The topological polar surface area (TPSA) is 52.9 Å². The first-order valence-electron chi connectivity index (χ1n) is 8.86. The Morgan fingerprint density at radius 2 is 1.72 bits per heavy atom. The van der Waals surface area contributed by atoms with Crippen molar-refractivity contribution in [2.75, 3.05) is 19.7 Å². The summed E-state index contributed by atoms with van der Waals surface area (Å²) in [4.78, 5) is 2.33. The number of hydrogen-bond acceptors (Lipinski definition) is 4. The summed E-state index contributed by atoms with van der Waals surface area (Å²) >= 11 is 0. The van der Waals surface area contributed by atoms with Gasteiger partial charge in [-0.1, -0.05) is 29.8 Å². The van der Waals surface area contributed by atoms with Crippen LogP contribution in [0, 0.1) is 13.8 Å². The molecule has 0 saturated carbocycles. The first kappa shape index (κ1) is 17.8. The van der Waals surface area contributed by atoms with Crippen LogP contribution >= 0.6 is 0 Å². The molecule has 1 aliphatic heterocycles. The molecule has 0 amide bonds. The molecule has 0 spiro atoms. The number of hydrogen-bond donors (Lipinski definition) is 2. The highest BCUT2D eigenvalue weighted by Crippen LogP contribution is 2.26. The third kappa shape index (κ3) is 4.74. The fraction of sp³-hybridized carbons (Fsp3) is 0.429. The van der Waals surface area contributed by atoms with Crippen LogP contribution in [-0.4, -0.2) is 40.4 Å². The van der Waals surface area contributed by atoms with Crippen LogP contribution in [0.3, 0.4) is 0 Å². The van der Waals surface area contributed by atoms with E-state index in [-0.39, 0.29) is 0 Å². The maximum atomic E-state index is 10.8. The largest absolute Gasteiger partial charge is 0.508 e. The first-order chi connectivity index (χ1) is 11.9. The van der Waals surface area contributed by atoms with E-state index in [1.165, 1.54) is 11.1 Å². The van der Waals surface area contributed by atoms with Crippen molar-refractivity contribution >= 4 is 0 Å². The smallest absolute Gasteiger partial charge is 0.122 e. The van der Waals surface area contributed by atoms with Gasteiger partial charge in [0.1, 0.15) is 23.7 Å².